The van der Waals surface area contributed by atoms with Gasteiger partial charge in [0, 0.05) is 11.6 Å². The summed E-state index contributed by atoms with van der Waals surface area (Å²) < 4.78 is 42.7. The fraction of sp³-hybridized carbons (Fsp3) is 0.0667. The van der Waals surface area contributed by atoms with E-state index in [-0.39, 0.29) is 22.1 Å². The predicted octanol–water partition coefficient (Wildman–Crippen LogP) is 4.42. The van der Waals surface area contributed by atoms with Gasteiger partial charge in [-0.25, -0.2) is 4.79 Å². The van der Waals surface area contributed by atoms with E-state index in [1.165, 1.54) is 12.1 Å². The van der Waals surface area contributed by atoms with Crippen molar-refractivity contribution in [2.24, 2.45) is 0 Å². The minimum Gasteiger partial charge on any atom is -0.475 e. The highest BCUT2D eigenvalue weighted by molar-refractivity contribution is 6.45. The molecule has 0 atom stereocenters. The largest absolute Gasteiger partial charge is 0.475 e. The Morgan fingerprint density at radius 3 is 2.04 bits per heavy atom. The number of halogens is 4. The second-order valence-electron chi connectivity index (χ2n) is 4.40. The van der Waals surface area contributed by atoms with Crippen LogP contribution in [0.25, 0.3) is 0 Å². The van der Waals surface area contributed by atoms with E-state index in [0.29, 0.717) is 0 Å². The summed E-state index contributed by atoms with van der Waals surface area (Å²) >= 11 is 5.81. The van der Waals surface area contributed by atoms with Gasteiger partial charge >= 0.3 is 12.1 Å². The molecule has 0 saturated carbocycles. The number of aliphatic carboxylic acids is 1. The van der Waals surface area contributed by atoms with Gasteiger partial charge in [-0.05, 0) is 36.4 Å². The molecule has 23 heavy (non-hydrogen) atoms. The van der Waals surface area contributed by atoms with E-state index in [1.807, 2.05) is 0 Å². The summed E-state index contributed by atoms with van der Waals surface area (Å²) in [6.45, 7) is 0. The lowest BCUT2D eigenvalue weighted by atomic mass is 10.1. The molecule has 120 valence electrons. The molecule has 2 aromatic carbocycles. The lowest BCUT2D eigenvalue weighted by molar-refractivity contribution is -0.137. The van der Waals surface area contributed by atoms with E-state index in [4.69, 9.17) is 21.4 Å². The molecule has 0 heterocycles. The molecule has 0 aliphatic heterocycles. The third-order valence-electron chi connectivity index (χ3n) is 2.80. The quantitative estimate of drug-likeness (QED) is 0.658. The number of hydrogen-bond acceptors (Lipinski definition) is 3. The molecule has 0 saturated heterocycles. The highest BCUT2D eigenvalue weighted by Crippen LogP contribution is 2.32. The lowest BCUT2D eigenvalue weighted by Crippen LogP contribution is -2.13. The molecule has 4 nitrogen and oxygen atoms in total. The standard InChI is InChI=1S/C15H8ClF3O4/c16-12-7-10(5-6-11(12)13(20)14(21)22)23-9-3-1-8(2-4-9)15(17,18)19/h1-7H,(H,21,22). The first-order chi connectivity index (χ1) is 10.7. The minimum absolute atomic E-state index is 0.131. The van der Waals surface area contributed by atoms with Gasteiger partial charge < -0.3 is 9.84 Å². The highest BCUT2D eigenvalue weighted by atomic mass is 35.5. The Morgan fingerprint density at radius 1 is 1.00 bits per heavy atom. The second kappa shape index (κ2) is 6.29. The van der Waals surface area contributed by atoms with Gasteiger partial charge in [0.15, 0.2) is 0 Å². The van der Waals surface area contributed by atoms with E-state index in [0.717, 1.165) is 30.3 Å². The SMILES string of the molecule is O=C(O)C(=O)c1ccc(Oc2ccc(C(F)(F)F)cc2)cc1Cl. The van der Waals surface area contributed by atoms with Gasteiger partial charge in [-0.3, -0.25) is 4.79 Å². The number of ether oxygens (including phenoxy) is 1. The van der Waals surface area contributed by atoms with Crippen molar-refractivity contribution in [3.05, 3.63) is 58.6 Å². The van der Waals surface area contributed by atoms with E-state index < -0.39 is 23.5 Å². The molecule has 0 aliphatic rings. The number of ketones is 1. The van der Waals surface area contributed by atoms with Crippen LogP contribution in [0.1, 0.15) is 15.9 Å². The van der Waals surface area contributed by atoms with Crippen molar-refractivity contribution < 1.29 is 32.6 Å². The summed E-state index contributed by atoms with van der Waals surface area (Å²) in [5, 5.41) is 8.49. The van der Waals surface area contributed by atoms with Crippen LogP contribution < -0.4 is 4.74 Å². The summed E-state index contributed by atoms with van der Waals surface area (Å²) in [7, 11) is 0. The van der Waals surface area contributed by atoms with Crippen LogP contribution in [0.2, 0.25) is 5.02 Å². The number of Topliss-reactive ketones (excluding diaryl/α,β-unsaturated/α-hetero) is 1. The molecule has 0 spiro atoms. The first-order valence-corrected chi connectivity index (χ1v) is 6.48. The summed E-state index contributed by atoms with van der Waals surface area (Å²) in [5.41, 5.74) is -1.02. The van der Waals surface area contributed by atoms with Crippen LogP contribution in [-0.2, 0) is 11.0 Å². The zero-order valence-corrected chi connectivity index (χ0v) is 12.0. The van der Waals surface area contributed by atoms with Gasteiger partial charge in [0.2, 0.25) is 0 Å². The number of carboxylic acids is 1. The van der Waals surface area contributed by atoms with Crippen molar-refractivity contribution in [3.8, 4) is 11.5 Å². The number of alkyl halides is 3. The van der Waals surface area contributed by atoms with E-state index in [9.17, 15) is 22.8 Å². The van der Waals surface area contributed by atoms with Crippen molar-refractivity contribution in [1.82, 2.24) is 0 Å². The summed E-state index contributed by atoms with van der Waals surface area (Å²) in [4.78, 5) is 21.9. The highest BCUT2D eigenvalue weighted by Gasteiger charge is 2.30. The Bertz CT molecular complexity index is 754. The van der Waals surface area contributed by atoms with Crippen molar-refractivity contribution in [2.75, 3.05) is 0 Å². The van der Waals surface area contributed by atoms with E-state index in [2.05, 4.69) is 0 Å². The van der Waals surface area contributed by atoms with Gasteiger partial charge in [-0.2, -0.15) is 13.2 Å². The van der Waals surface area contributed by atoms with Gasteiger partial charge in [-0.1, -0.05) is 11.6 Å². The molecule has 0 unspecified atom stereocenters. The monoisotopic (exact) mass is 344 g/mol. The zero-order chi connectivity index (χ0) is 17.2. The van der Waals surface area contributed by atoms with Gasteiger partial charge in [0.05, 0.1) is 10.6 Å². The molecule has 0 radical (unpaired) electrons. The van der Waals surface area contributed by atoms with Crippen molar-refractivity contribution >= 4 is 23.4 Å². The molecule has 0 aromatic heterocycles. The molecule has 0 fully saturated rings. The van der Waals surface area contributed by atoms with Crippen molar-refractivity contribution in [3.63, 3.8) is 0 Å². The number of carbonyl (C=O) groups is 2. The smallest absolute Gasteiger partial charge is 0.416 e. The number of carbonyl (C=O) groups excluding carboxylic acids is 1. The normalized spacial score (nSPS) is 11.1. The maximum atomic E-state index is 12.4. The summed E-state index contributed by atoms with van der Waals surface area (Å²) in [5.74, 6) is -2.54. The molecule has 0 aliphatic carbocycles. The van der Waals surface area contributed by atoms with Crippen LogP contribution in [-0.4, -0.2) is 16.9 Å². The average Bonchev–Trinajstić information content (AvgIpc) is 2.46. The second-order valence-corrected chi connectivity index (χ2v) is 4.81. The third kappa shape index (κ3) is 4.01. The van der Waals surface area contributed by atoms with Gasteiger partial charge in [0.25, 0.3) is 5.78 Å². The lowest BCUT2D eigenvalue weighted by Gasteiger charge is -2.10. The number of benzene rings is 2. The molecule has 1 N–H and O–H groups in total. The van der Waals surface area contributed by atoms with E-state index in [1.54, 1.807) is 0 Å². The van der Waals surface area contributed by atoms with Crippen LogP contribution in [0.5, 0.6) is 11.5 Å². The predicted molar refractivity (Wildman–Crippen MR) is 74.9 cm³/mol. The summed E-state index contributed by atoms with van der Waals surface area (Å²) in [6.07, 6.45) is -4.44. The maximum absolute atomic E-state index is 12.4. The Morgan fingerprint density at radius 2 is 1.57 bits per heavy atom. The Labute approximate surface area is 133 Å². The fourth-order valence-corrected chi connectivity index (χ4v) is 1.96. The van der Waals surface area contributed by atoms with Crippen LogP contribution in [0, 0.1) is 0 Å². The van der Waals surface area contributed by atoms with Crippen molar-refractivity contribution in [2.45, 2.75) is 6.18 Å². The Kier molecular flexibility index (Phi) is 4.60. The molecule has 0 bridgehead atoms. The maximum Gasteiger partial charge on any atom is 0.416 e. The fourth-order valence-electron chi connectivity index (χ4n) is 1.71. The van der Waals surface area contributed by atoms with Crippen LogP contribution in [0.4, 0.5) is 13.2 Å². The first kappa shape index (κ1) is 16.8. The average molecular weight is 345 g/mol. The first-order valence-electron chi connectivity index (χ1n) is 6.11. The van der Waals surface area contributed by atoms with Crippen LogP contribution >= 0.6 is 11.6 Å². The topological polar surface area (TPSA) is 63.6 Å². The van der Waals surface area contributed by atoms with Gasteiger partial charge in [-0.15, -0.1) is 0 Å². The molecular weight excluding hydrogens is 337 g/mol. The number of hydrogen-bond donors (Lipinski definition) is 1. The van der Waals surface area contributed by atoms with Gasteiger partial charge in [0.1, 0.15) is 11.5 Å². The zero-order valence-electron chi connectivity index (χ0n) is 11.2. The number of rotatable bonds is 4. The van der Waals surface area contributed by atoms with Crippen LogP contribution in [0.3, 0.4) is 0 Å². The molecule has 8 heteroatoms. The van der Waals surface area contributed by atoms with Crippen molar-refractivity contribution in [1.29, 1.82) is 0 Å². The minimum atomic E-state index is -4.44. The van der Waals surface area contributed by atoms with Crippen LogP contribution in [0.15, 0.2) is 42.5 Å². The third-order valence-corrected chi connectivity index (χ3v) is 3.11. The molecule has 2 rings (SSSR count). The molecule has 0 amide bonds. The Hall–Kier alpha value is -2.54. The van der Waals surface area contributed by atoms with E-state index >= 15 is 0 Å². The molecular formula is C15H8ClF3O4. The molecule has 2 aromatic rings. The number of carboxylic acid groups (broad SMARTS) is 1. The summed E-state index contributed by atoms with van der Waals surface area (Å²) in [6, 6.07) is 7.64. The Balaban J connectivity index is 2.19.